The number of nitrogen functional groups attached to an aromatic ring is 1. The highest BCUT2D eigenvalue weighted by molar-refractivity contribution is 9.10. The molecule has 7 rings (SSSR count). The maximum absolute atomic E-state index is 5.86. The summed E-state index contributed by atoms with van der Waals surface area (Å²) in [4.78, 5) is 2.24. The van der Waals surface area contributed by atoms with Gasteiger partial charge in [-0.15, -0.1) is 0 Å². The highest BCUT2D eigenvalue weighted by atomic mass is 79.9. The van der Waals surface area contributed by atoms with Crippen molar-refractivity contribution in [2.24, 2.45) is 0 Å². The van der Waals surface area contributed by atoms with Crippen molar-refractivity contribution >= 4 is 65.4 Å². The number of halogens is 2. The van der Waals surface area contributed by atoms with E-state index < -0.39 is 0 Å². The van der Waals surface area contributed by atoms with Crippen LogP contribution in [0.4, 0.5) is 22.7 Å². The van der Waals surface area contributed by atoms with E-state index in [2.05, 4.69) is 166 Å². The minimum Gasteiger partial charge on any atom is -0.399 e. The number of nitrogens with zero attached hydrogens (tertiary/aromatic N) is 1. The molecule has 2 N–H and O–H groups in total. The van der Waals surface area contributed by atoms with Crippen molar-refractivity contribution in [3.8, 4) is 11.1 Å². The van der Waals surface area contributed by atoms with E-state index in [-0.39, 0.29) is 12.8 Å². The lowest BCUT2D eigenvalue weighted by atomic mass is 9.74. The number of benzene rings is 6. The van der Waals surface area contributed by atoms with E-state index in [9.17, 15) is 0 Å². The molecule has 44 heavy (non-hydrogen) atoms. The van der Waals surface area contributed by atoms with Gasteiger partial charge in [-0.25, -0.2) is 0 Å². The molecule has 0 spiro atoms. The molecule has 6 aromatic rings. The minimum atomic E-state index is 0. The van der Waals surface area contributed by atoms with Gasteiger partial charge in [-0.05, 0) is 119 Å². The molecule has 0 heterocycles. The van der Waals surface area contributed by atoms with Crippen LogP contribution >= 0.6 is 31.9 Å². The Labute approximate surface area is 278 Å². The molecular formula is C40H38Br2N2. The van der Waals surface area contributed by atoms with Crippen LogP contribution in [0.2, 0.25) is 0 Å². The second-order valence-corrected chi connectivity index (χ2v) is 12.8. The first kappa shape index (κ1) is 31.6. The van der Waals surface area contributed by atoms with Crippen molar-refractivity contribution in [1.82, 2.24) is 0 Å². The number of hydrogen-bond acceptors (Lipinski definition) is 2. The molecule has 0 saturated heterocycles. The Morgan fingerprint density at radius 3 is 1.61 bits per heavy atom. The van der Waals surface area contributed by atoms with Gasteiger partial charge in [-0.1, -0.05) is 114 Å². The van der Waals surface area contributed by atoms with Gasteiger partial charge in [0.2, 0.25) is 0 Å². The molecule has 0 fully saturated rings. The summed E-state index contributed by atoms with van der Waals surface area (Å²) in [5.74, 6) is 0. The van der Waals surface area contributed by atoms with Gasteiger partial charge in [0, 0.05) is 37.1 Å². The lowest BCUT2D eigenvalue weighted by Gasteiger charge is -2.29. The number of rotatable bonds is 5. The number of fused-ring (bicyclic) bond motifs is 4. The zero-order valence-corrected chi connectivity index (χ0v) is 27.6. The zero-order valence-electron chi connectivity index (χ0n) is 24.4. The number of para-hydroxylation sites is 1. The van der Waals surface area contributed by atoms with Crippen LogP contribution in [0.5, 0.6) is 0 Å². The van der Waals surface area contributed by atoms with Crippen LogP contribution in [0, 0.1) is 0 Å². The van der Waals surface area contributed by atoms with Crippen LogP contribution in [-0.4, -0.2) is 0 Å². The first-order valence-electron chi connectivity index (χ1n) is 14.7. The Kier molecular flexibility index (Phi) is 9.62. The number of nitrogens with two attached hydrogens (primary N) is 1. The van der Waals surface area contributed by atoms with E-state index in [4.69, 9.17) is 5.73 Å². The third-order valence-electron chi connectivity index (χ3n) is 8.65. The standard InChI is InChI=1S/C22H18N2.C17H16Br2.CH4/c23-19-11-14-21(15-12-19)24(20-8-2-1-3-9-20)22-13-10-17-6-4-5-7-18(17)16-22;1-3-17(4-2)15-9-11(18)5-7-13(15)14-8-6-12(19)10-16(14)17;/h1-16H,23H2;5-10H,3-4H2,1-2H3;1H4. The molecular weight excluding hydrogens is 668 g/mol. The van der Waals surface area contributed by atoms with E-state index in [0.29, 0.717) is 0 Å². The van der Waals surface area contributed by atoms with E-state index in [1.807, 2.05) is 18.2 Å². The Hall–Kier alpha value is -3.86. The van der Waals surface area contributed by atoms with Crippen molar-refractivity contribution in [1.29, 1.82) is 0 Å². The molecule has 4 heteroatoms. The SMILES string of the molecule is C.CCC1(CC)c2cc(Br)ccc2-c2ccc(Br)cc21.Nc1ccc(N(c2ccccc2)c2ccc3ccccc3c2)cc1. The molecule has 1 aliphatic rings. The zero-order chi connectivity index (χ0) is 30.0. The minimum absolute atomic E-state index is 0. The van der Waals surface area contributed by atoms with Crippen molar-refractivity contribution in [3.63, 3.8) is 0 Å². The molecule has 0 unspecified atom stereocenters. The van der Waals surface area contributed by atoms with E-state index in [1.165, 1.54) is 42.0 Å². The Morgan fingerprint density at radius 2 is 1.05 bits per heavy atom. The van der Waals surface area contributed by atoms with Gasteiger partial charge >= 0.3 is 0 Å². The molecule has 0 saturated carbocycles. The van der Waals surface area contributed by atoms with Gasteiger partial charge in [0.25, 0.3) is 0 Å². The van der Waals surface area contributed by atoms with Crippen molar-refractivity contribution < 1.29 is 0 Å². The highest BCUT2D eigenvalue weighted by Crippen LogP contribution is 2.53. The fraction of sp³-hybridized carbons (Fsp3) is 0.150. The molecule has 0 bridgehead atoms. The summed E-state index contributed by atoms with van der Waals surface area (Å²) < 4.78 is 2.34. The van der Waals surface area contributed by atoms with Gasteiger partial charge in [0.15, 0.2) is 0 Å². The van der Waals surface area contributed by atoms with Gasteiger partial charge in [-0.2, -0.15) is 0 Å². The maximum Gasteiger partial charge on any atom is 0.0468 e. The fourth-order valence-corrected chi connectivity index (χ4v) is 7.14. The second-order valence-electron chi connectivity index (χ2n) is 11.0. The normalized spacial score (nSPS) is 12.4. The smallest absolute Gasteiger partial charge is 0.0468 e. The molecule has 0 aliphatic heterocycles. The quantitative estimate of drug-likeness (QED) is 0.181. The van der Waals surface area contributed by atoms with Crippen LogP contribution in [0.15, 0.2) is 142 Å². The topological polar surface area (TPSA) is 29.3 Å². The summed E-state index contributed by atoms with van der Waals surface area (Å²) in [5.41, 5.74) is 15.9. The summed E-state index contributed by atoms with van der Waals surface area (Å²) in [6, 6.07) is 46.7. The molecule has 0 atom stereocenters. The summed E-state index contributed by atoms with van der Waals surface area (Å²) in [6.45, 7) is 4.59. The van der Waals surface area contributed by atoms with Gasteiger partial charge in [0.05, 0.1) is 0 Å². The van der Waals surface area contributed by atoms with Crippen LogP contribution in [-0.2, 0) is 5.41 Å². The maximum atomic E-state index is 5.86. The molecule has 6 aromatic carbocycles. The molecule has 222 valence electrons. The number of hydrogen-bond donors (Lipinski definition) is 1. The molecule has 1 aliphatic carbocycles. The summed E-state index contributed by atoms with van der Waals surface area (Å²) in [5, 5.41) is 2.47. The first-order valence-corrected chi connectivity index (χ1v) is 16.3. The van der Waals surface area contributed by atoms with E-state index >= 15 is 0 Å². The van der Waals surface area contributed by atoms with Crippen molar-refractivity contribution in [2.45, 2.75) is 39.5 Å². The Morgan fingerprint density at radius 1 is 0.545 bits per heavy atom. The highest BCUT2D eigenvalue weighted by Gasteiger charge is 2.40. The fourth-order valence-electron chi connectivity index (χ4n) is 6.41. The predicted molar refractivity (Wildman–Crippen MR) is 198 cm³/mol. The average Bonchev–Trinajstić information content (AvgIpc) is 3.31. The van der Waals surface area contributed by atoms with E-state index in [0.717, 1.165) is 35.6 Å². The Balaban J connectivity index is 0.000000175. The number of anilines is 4. The van der Waals surface area contributed by atoms with Crippen LogP contribution in [0.3, 0.4) is 0 Å². The lowest BCUT2D eigenvalue weighted by molar-refractivity contribution is 0.490. The summed E-state index contributed by atoms with van der Waals surface area (Å²) >= 11 is 7.25. The Bertz CT molecular complexity index is 1820. The van der Waals surface area contributed by atoms with E-state index in [1.54, 1.807) is 0 Å². The van der Waals surface area contributed by atoms with Crippen LogP contribution in [0.1, 0.15) is 45.2 Å². The van der Waals surface area contributed by atoms with Gasteiger partial charge in [-0.3, -0.25) is 0 Å². The third-order valence-corrected chi connectivity index (χ3v) is 9.64. The lowest BCUT2D eigenvalue weighted by Crippen LogP contribution is -2.23. The molecule has 0 radical (unpaired) electrons. The van der Waals surface area contributed by atoms with Gasteiger partial charge in [0.1, 0.15) is 0 Å². The van der Waals surface area contributed by atoms with Crippen molar-refractivity contribution in [2.75, 3.05) is 10.6 Å². The summed E-state index contributed by atoms with van der Waals surface area (Å²) in [6.07, 6.45) is 2.27. The molecule has 2 nitrogen and oxygen atoms in total. The molecule has 0 amide bonds. The first-order chi connectivity index (χ1) is 20.9. The van der Waals surface area contributed by atoms with Crippen molar-refractivity contribution in [3.05, 3.63) is 154 Å². The third kappa shape index (κ3) is 5.94. The van der Waals surface area contributed by atoms with Crippen LogP contribution < -0.4 is 10.6 Å². The van der Waals surface area contributed by atoms with Crippen LogP contribution in [0.25, 0.3) is 21.9 Å². The molecule has 0 aromatic heterocycles. The largest absolute Gasteiger partial charge is 0.399 e. The summed E-state index contributed by atoms with van der Waals surface area (Å²) in [7, 11) is 0. The van der Waals surface area contributed by atoms with Gasteiger partial charge < -0.3 is 10.6 Å². The predicted octanol–water partition coefficient (Wildman–Crippen LogP) is 12.8. The monoisotopic (exact) mass is 704 g/mol. The second kappa shape index (κ2) is 13.4. The average molecular weight is 707 g/mol.